The van der Waals surface area contributed by atoms with E-state index in [1.807, 2.05) is 71.7 Å². The number of nitrogens with zero attached hydrogens (tertiary/aromatic N) is 8. The maximum atomic E-state index is 13.2. The molecule has 0 bridgehead atoms. The Hall–Kier alpha value is -3.04. The van der Waals surface area contributed by atoms with Crippen molar-refractivity contribution in [1.82, 2.24) is 39.2 Å². The van der Waals surface area contributed by atoms with Crippen LogP contribution in [0.2, 0.25) is 0 Å². The van der Waals surface area contributed by atoms with Crippen molar-refractivity contribution >= 4 is 11.8 Å². The summed E-state index contributed by atoms with van der Waals surface area (Å²) in [6.45, 7) is 1.29. The van der Waals surface area contributed by atoms with Crippen LogP contribution in [-0.4, -0.2) is 121 Å². The van der Waals surface area contributed by atoms with E-state index in [-0.39, 0.29) is 11.8 Å². The van der Waals surface area contributed by atoms with Gasteiger partial charge in [-0.15, -0.1) is 0 Å². The van der Waals surface area contributed by atoms with Gasteiger partial charge in [0.1, 0.15) is 23.0 Å². The van der Waals surface area contributed by atoms with Crippen LogP contribution in [-0.2, 0) is 9.59 Å². The molecule has 0 saturated carbocycles. The largest absolute Gasteiger partial charge is 0.349 e. The smallest absolute Gasteiger partial charge is 0.279 e. The van der Waals surface area contributed by atoms with Gasteiger partial charge in [-0.25, -0.2) is 0 Å². The van der Waals surface area contributed by atoms with E-state index in [2.05, 4.69) is 0 Å². The molecule has 0 radical (unpaired) electrons. The summed E-state index contributed by atoms with van der Waals surface area (Å²) < 4.78 is 0. The van der Waals surface area contributed by atoms with Crippen LogP contribution in [0.5, 0.6) is 0 Å². The van der Waals surface area contributed by atoms with E-state index >= 15 is 0 Å². The van der Waals surface area contributed by atoms with Crippen molar-refractivity contribution in [2.75, 3.05) is 69.7 Å². The minimum Gasteiger partial charge on any atom is -0.349 e. The van der Waals surface area contributed by atoms with Gasteiger partial charge in [-0.05, 0) is 0 Å². The van der Waals surface area contributed by atoms with Gasteiger partial charge in [0, 0.05) is 56.4 Å². The van der Waals surface area contributed by atoms with Crippen LogP contribution in [0, 0.1) is 0 Å². The molecule has 0 saturated heterocycles. The molecule has 4 aliphatic rings. The Morgan fingerprint density at radius 1 is 0.464 bits per heavy atom. The second kappa shape index (κ2) is 5.73. The second-order valence-electron chi connectivity index (χ2n) is 7.91. The maximum Gasteiger partial charge on any atom is 0.279 e. The van der Waals surface area contributed by atoms with E-state index in [0.717, 1.165) is 11.6 Å². The summed E-state index contributed by atoms with van der Waals surface area (Å²) in [7, 11) is 15.2. The van der Waals surface area contributed by atoms with Crippen molar-refractivity contribution in [3.8, 4) is 0 Å². The molecule has 0 atom stereocenters. The molecular weight excluding hydrogens is 360 g/mol. The lowest BCUT2D eigenvalue weighted by atomic mass is 10.2. The first kappa shape index (κ1) is 18.3. The second-order valence-corrected chi connectivity index (χ2v) is 7.91. The van der Waals surface area contributed by atoms with E-state index in [0.29, 0.717) is 36.4 Å². The van der Waals surface area contributed by atoms with Gasteiger partial charge in [0.15, 0.2) is 11.6 Å². The van der Waals surface area contributed by atoms with Crippen LogP contribution < -0.4 is 0 Å². The molecule has 0 aromatic carbocycles. The molecule has 152 valence electrons. The van der Waals surface area contributed by atoms with E-state index < -0.39 is 0 Å². The zero-order chi connectivity index (χ0) is 20.7. The summed E-state index contributed by atoms with van der Waals surface area (Å²) in [5, 5.41) is 0. The molecule has 4 aliphatic heterocycles. The van der Waals surface area contributed by atoms with Crippen LogP contribution >= 0.6 is 0 Å². The molecule has 2 amide bonds. The van der Waals surface area contributed by atoms with Crippen LogP contribution in [0.4, 0.5) is 0 Å². The summed E-state index contributed by atoms with van der Waals surface area (Å²) in [5.41, 5.74) is 1.34. The van der Waals surface area contributed by atoms with Gasteiger partial charge >= 0.3 is 0 Å². The molecule has 4 heterocycles. The van der Waals surface area contributed by atoms with Crippen molar-refractivity contribution in [2.24, 2.45) is 0 Å². The van der Waals surface area contributed by atoms with Gasteiger partial charge in [-0.3, -0.25) is 19.4 Å². The van der Waals surface area contributed by atoms with Crippen molar-refractivity contribution in [2.45, 2.75) is 0 Å². The van der Waals surface area contributed by atoms with E-state index in [1.54, 1.807) is 23.9 Å². The van der Waals surface area contributed by atoms with Crippen LogP contribution in [0.15, 0.2) is 34.7 Å². The predicted molar refractivity (Wildman–Crippen MR) is 103 cm³/mol. The molecule has 0 aromatic heterocycles. The number of hydrogen-bond donors (Lipinski definition) is 0. The highest BCUT2D eigenvalue weighted by Gasteiger charge is 2.47. The van der Waals surface area contributed by atoms with Gasteiger partial charge in [0.2, 0.25) is 0 Å². The minimum atomic E-state index is -0.0756. The lowest BCUT2D eigenvalue weighted by Gasteiger charge is -2.44. The summed E-state index contributed by atoms with van der Waals surface area (Å²) in [6, 6.07) is 0. The number of carbonyl (C=O) groups is 2. The highest BCUT2D eigenvalue weighted by atomic mass is 16.2. The fourth-order valence-corrected chi connectivity index (χ4v) is 4.72. The molecule has 0 aromatic rings. The third kappa shape index (κ3) is 2.08. The normalized spacial score (nSPS) is 25.9. The Morgan fingerprint density at radius 2 is 0.786 bits per heavy atom. The number of carbonyl (C=O) groups excluding carboxylic acids is 2. The Balaban J connectivity index is 1.92. The first-order valence-corrected chi connectivity index (χ1v) is 9.18. The Labute approximate surface area is 165 Å². The maximum absolute atomic E-state index is 13.2. The van der Waals surface area contributed by atoms with E-state index in [9.17, 15) is 9.59 Å². The van der Waals surface area contributed by atoms with Crippen LogP contribution in [0.25, 0.3) is 0 Å². The van der Waals surface area contributed by atoms with Gasteiger partial charge < -0.3 is 29.4 Å². The van der Waals surface area contributed by atoms with Gasteiger partial charge in [-0.1, -0.05) is 0 Å². The monoisotopic (exact) mass is 388 g/mol. The summed E-state index contributed by atoms with van der Waals surface area (Å²) in [6.07, 6.45) is 0. The van der Waals surface area contributed by atoms with E-state index in [4.69, 9.17) is 0 Å². The minimum absolute atomic E-state index is 0.0756. The SMILES string of the molecule is CN1CN(C)C2=C1C(=O)N(C)/C(=C1/N(C)C(=O)C3=C(N(C)CN3C)N1C)N2C. The molecule has 10 nitrogen and oxygen atoms in total. The number of amides is 2. The summed E-state index contributed by atoms with van der Waals surface area (Å²) in [5.74, 6) is 2.90. The molecular formula is C18H28N8O2. The third-order valence-electron chi connectivity index (χ3n) is 5.88. The van der Waals surface area contributed by atoms with Gasteiger partial charge in [0.25, 0.3) is 11.8 Å². The first-order chi connectivity index (χ1) is 13.1. The lowest BCUT2D eigenvalue weighted by Crippen LogP contribution is -2.51. The van der Waals surface area contributed by atoms with Gasteiger partial charge in [-0.2, -0.15) is 0 Å². The number of hydrogen-bond acceptors (Lipinski definition) is 8. The zero-order valence-corrected chi connectivity index (χ0v) is 17.8. The highest BCUT2D eigenvalue weighted by molar-refractivity contribution is 5.98. The molecule has 0 spiro atoms. The van der Waals surface area contributed by atoms with Gasteiger partial charge in [0.05, 0.1) is 13.3 Å². The highest BCUT2D eigenvalue weighted by Crippen LogP contribution is 2.39. The lowest BCUT2D eigenvalue weighted by molar-refractivity contribution is -0.130. The third-order valence-corrected chi connectivity index (χ3v) is 5.88. The molecule has 0 fully saturated rings. The van der Waals surface area contributed by atoms with Crippen LogP contribution in [0.1, 0.15) is 0 Å². The standard InChI is InChI=1S/C18H28N8O2/c1-19-9-21(3)13-11(19)17(27)25(7)15(23(13)5)16-24(6)14-12(18(28)26(16)8)20(2)10-22(14)4/h9-10H2,1-8H3/b16-15+. The Kier molecular flexibility index (Phi) is 3.75. The predicted octanol–water partition coefficient (Wildman–Crippen LogP) is -1.07. The molecule has 10 heteroatoms. The van der Waals surface area contributed by atoms with E-state index in [1.165, 1.54) is 0 Å². The Bertz CT molecular complexity index is 805. The summed E-state index contributed by atoms with van der Waals surface area (Å²) >= 11 is 0. The average Bonchev–Trinajstić information content (AvgIpc) is 3.09. The molecule has 4 rings (SSSR count). The van der Waals surface area contributed by atoms with Crippen molar-refractivity contribution in [3.63, 3.8) is 0 Å². The molecule has 28 heavy (non-hydrogen) atoms. The molecule has 0 aliphatic carbocycles. The molecule has 0 N–H and O–H groups in total. The fraction of sp³-hybridized carbons (Fsp3) is 0.556. The fourth-order valence-electron chi connectivity index (χ4n) is 4.72. The molecule has 0 unspecified atom stereocenters. The first-order valence-electron chi connectivity index (χ1n) is 9.18. The average molecular weight is 388 g/mol. The number of likely N-dealkylation sites (N-methyl/N-ethyl adjacent to an activating group) is 4. The van der Waals surface area contributed by atoms with Crippen LogP contribution in [0.3, 0.4) is 0 Å². The van der Waals surface area contributed by atoms with Crippen molar-refractivity contribution in [1.29, 1.82) is 0 Å². The number of rotatable bonds is 0. The van der Waals surface area contributed by atoms with Crippen molar-refractivity contribution < 1.29 is 9.59 Å². The topological polar surface area (TPSA) is 60.1 Å². The van der Waals surface area contributed by atoms with Crippen molar-refractivity contribution in [3.05, 3.63) is 34.7 Å². The quantitative estimate of drug-likeness (QED) is 0.520. The zero-order valence-electron chi connectivity index (χ0n) is 17.8. The Morgan fingerprint density at radius 3 is 1.11 bits per heavy atom. The summed E-state index contributed by atoms with van der Waals surface area (Å²) in [4.78, 5) is 41.6.